The predicted octanol–water partition coefficient (Wildman–Crippen LogP) is 1.43. The van der Waals surface area contributed by atoms with Gasteiger partial charge >= 0.3 is 0 Å². The van der Waals surface area contributed by atoms with Gasteiger partial charge in [0.15, 0.2) is 4.80 Å². The Bertz CT molecular complexity index is 1320. The number of rotatable bonds is 3. The van der Waals surface area contributed by atoms with E-state index in [1.165, 1.54) is 11.3 Å². The third kappa shape index (κ3) is 2.67. The van der Waals surface area contributed by atoms with Crippen LogP contribution in [0.3, 0.4) is 0 Å². The van der Waals surface area contributed by atoms with Crippen molar-refractivity contribution in [1.29, 1.82) is 0 Å². The minimum Gasteiger partial charge on any atom is -0.465 e. The Balaban J connectivity index is 1.72. The van der Waals surface area contributed by atoms with Gasteiger partial charge in [0.2, 0.25) is 11.6 Å². The molecule has 0 radical (unpaired) electrons. The average Bonchev–Trinajstić information content (AvgIpc) is 3.29. The van der Waals surface area contributed by atoms with Crippen molar-refractivity contribution in [3.05, 3.63) is 79.7 Å². The first-order chi connectivity index (χ1) is 14.0. The van der Waals surface area contributed by atoms with Gasteiger partial charge in [0, 0.05) is 5.56 Å². The van der Waals surface area contributed by atoms with E-state index in [9.17, 15) is 9.59 Å². The highest BCUT2D eigenvalue weighted by molar-refractivity contribution is 7.07. The Morgan fingerprint density at radius 1 is 1.31 bits per heavy atom. The summed E-state index contributed by atoms with van der Waals surface area (Å²) in [6, 6.07) is 10.4. The lowest BCUT2D eigenvalue weighted by molar-refractivity contribution is -0.133. The summed E-state index contributed by atoms with van der Waals surface area (Å²) in [7, 11) is 0. The van der Waals surface area contributed by atoms with Crippen LogP contribution in [0.4, 0.5) is 0 Å². The first kappa shape index (κ1) is 17.7. The number of nitrogens with zero attached hydrogens (tertiary/aromatic N) is 2. The van der Waals surface area contributed by atoms with Gasteiger partial charge in [-0.25, -0.2) is 4.99 Å². The zero-order chi connectivity index (χ0) is 20.2. The van der Waals surface area contributed by atoms with E-state index in [4.69, 9.17) is 14.9 Å². The number of benzene rings is 1. The molecule has 146 valence electrons. The second-order valence-corrected chi connectivity index (χ2v) is 8.11. The van der Waals surface area contributed by atoms with Crippen LogP contribution in [0.1, 0.15) is 24.3 Å². The van der Waals surface area contributed by atoms with E-state index in [2.05, 4.69) is 4.99 Å². The molecule has 0 fully saturated rings. The molecule has 5 rings (SSSR count). The number of primary amides is 1. The third-order valence-corrected chi connectivity index (χ3v) is 6.24. The molecule has 0 spiro atoms. The Labute approximate surface area is 169 Å². The predicted molar refractivity (Wildman–Crippen MR) is 108 cm³/mol. The molecule has 0 saturated heterocycles. The normalized spacial score (nSPS) is 25.2. The molecule has 4 heterocycles. The Hall–Kier alpha value is -3.39. The first-order valence-corrected chi connectivity index (χ1v) is 9.90. The number of amides is 1. The summed E-state index contributed by atoms with van der Waals surface area (Å²) < 4.78 is 13.4. The number of carbonyl (C=O) groups is 1. The van der Waals surface area contributed by atoms with Crippen molar-refractivity contribution in [3.8, 4) is 5.75 Å². The van der Waals surface area contributed by atoms with E-state index < -0.39 is 23.6 Å². The molecule has 8 heteroatoms. The van der Waals surface area contributed by atoms with Crippen LogP contribution in [-0.4, -0.2) is 16.2 Å². The molecule has 7 nitrogen and oxygen atoms in total. The molecule has 0 aliphatic carbocycles. The summed E-state index contributed by atoms with van der Waals surface area (Å²) in [4.78, 5) is 30.7. The highest BCUT2D eigenvalue weighted by Crippen LogP contribution is 2.46. The Morgan fingerprint density at radius 3 is 2.90 bits per heavy atom. The summed E-state index contributed by atoms with van der Waals surface area (Å²) >= 11 is 1.26. The van der Waals surface area contributed by atoms with Crippen molar-refractivity contribution < 1.29 is 13.9 Å². The fourth-order valence-corrected chi connectivity index (χ4v) is 5.06. The highest BCUT2D eigenvalue weighted by atomic mass is 32.1. The minimum absolute atomic E-state index is 0.215. The summed E-state index contributed by atoms with van der Waals surface area (Å²) in [5.74, 6) is -0.0495. The lowest BCUT2D eigenvalue weighted by Crippen LogP contribution is -2.59. The van der Waals surface area contributed by atoms with Gasteiger partial charge < -0.3 is 14.9 Å². The molecule has 0 unspecified atom stereocenters. The van der Waals surface area contributed by atoms with Crippen molar-refractivity contribution in [2.75, 3.05) is 0 Å². The molecule has 0 saturated carbocycles. The van der Waals surface area contributed by atoms with Gasteiger partial charge in [-0.1, -0.05) is 35.6 Å². The van der Waals surface area contributed by atoms with Crippen LogP contribution in [0.2, 0.25) is 0 Å². The number of para-hydroxylation sites is 1. The number of thiazole rings is 1. The number of ether oxygens (including phenoxy) is 1. The number of fused-ring (bicyclic) bond motifs is 6. The smallest absolute Gasteiger partial charge is 0.270 e. The Morgan fingerprint density at radius 2 is 2.14 bits per heavy atom. The molecule has 2 aliphatic heterocycles. The average molecular weight is 407 g/mol. The van der Waals surface area contributed by atoms with E-state index in [1.54, 1.807) is 42.0 Å². The molecule has 2 aromatic heterocycles. The second kappa shape index (κ2) is 6.31. The molecule has 29 heavy (non-hydrogen) atoms. The van der Waals surface area contributed by atoms with Crippen molar-refractivity contribution in [2.45, 2.75) is 18.7 Å². The van der Waals surface area contributed by atoms with Crippen LogP contribution in [0, 0.1) is 5.92 Å². The molecule has 2 N–H and O–H groups in total. The molecule has 2 bridgehead atoms. The van der Waals surface area contributed by atoms with E-state index in [0.717, 1.165) is 5.56 Å². The van der Waals surface area contributed by atoms with Gasteiger partial charge in [-0.15, -0.1) is 0 Å². The number of hydrogen-bond donors (Lipinski definition) is 1. The summed E-state index contributed by atoms with van der Waals surface area (Å²) in [5, 5.41) is 0. The van der Waals surface area contributed by atoms with Gasteiger partial charge in [0.1, 0.15) is 17.4 Å². The molecular weight excluding hydrogens is 390 g/mol. The van der Waals surface area contributed by atoms with Gasteiger partial charge in [0.25, 0.3) is 5.56 Å². The maximum atomic E-state index is 13.2. The van der Waals surface area contributed by atoms with Crippen LogP contribution >= 0.6 is 11.3 Å². The molecule has 3 atom stereocenters. The number of furan rings is 1. The SMILES string of the molecule is C[C@@]12N=c3s/c(=C\C=C\c4ccco4)c(=O)n3[C@@H](c3ccccc3O1)[C@H]2C(N)=O. The van der Waals surface area contributed by atoms with Crippen LogP contribution in [0.25, 0.3) is 12.2 Å². The summed E-state index contributed by atoms with van der Waals surface area (Å²) in [5.41, 5.74) is 5.10. The zero-order valence-corrected chi connectivity index (χ0v) is 16.3. The maximum Gasteiger partial charge on any atom is 0.270 e. The third-order valence-electron chi connectivity index (χ3n) is 5.24. The van der Waals surface area contributed by atoms with Gasteiger partial charge in [-0.2, -0.15) is 0 Å². The van der Waals surface area contributed by atoms with Crippen molar-refractivity contribution in [2.24, 2.45) is 16.6 Å². The zero-order valence-electron chi connectivity index (χ0n) is 15.4. The second-order valence-electron chi connectivity index (χ2n) is 7.10. The molecule has 2 aliphatic rings. The molecule has 1 amide bonds. The largest absolute Gasteiger partial charge is 0.465 e. The van der Waals surface area contributed by atoms with Crippen LogP contribution < -0.4 is 25.4 Å². The van der Waals surface area contributed by atoms with Gasteiger partial charge in [-0.05, 0) is 37.3 Å². The number of aromatic nitrogens is 1. The molecule has 1 aromatic carbocycles. The van der Waals surface area contributed by atoms with E-state index in [-0.39, 0.29) is 5.56 Å². The number of carbonyl (C=O) groups excluding carboxylic acids is 1. The lowest BCUT2D eigenvalue weighted by atomic mass is 9.81. The van der Waals surface area contributed by atoms with Gasteiger partial charge in [0.05, 0.1) is 16.8 Å². The summed E-state index contributed by atoms with van der Waals surface area (Å²) in [6.07, 6.45) is 6.82. The van der Waals surface area contributed by atoms with Crippen molar-refractivity contribution in [1.82, 2.24) is 4.57 Å². The number of nitrogens with two attached hydrogens (primary N) is 1. The minimum atomic E-state index is -1.16. The lowest BCUT2D eigenvalue weighted by Gasteiger charge is -2.44. The van der Waals surface area contributed by atoms with Crippen molar-refractivity contribution >= 4 is 29.4 Å². The number of hydrogen-bond acceptors (Lipinski definition) is 6. The first-order valence-electron chi connectivity index (χ1n) is 9.08. The molecular formula is C21H17N3O4S. The fraction of sp³-hybridized carbons (Fsp3) is 0.190. The maximum absolute atomic E-state index is 13.2. The van der Waals surface area contributed by atoms with Crippen LogP contribution in [0.5, 0.6) is 5.75 Å². The van der Waals surface area contributed by atoms with Gasteiger partial charge in [-0.3, -0.25) is 14.2 Å². The highest BCUT2D eigenvalue weighted by Gasteiger charge is 2.54. The summed E-state index contributed by atoms with van der Waals surface area (Å²) in [6.45, 7) is 1.74. The monoisotopic (exact) mass is 407 g/mol. The van der Waals surface area contributed by atoms with E-state index >= 15 is 0 Å². The van der Waals surface area contributed by atoms with E-state index in [0.29, 0.717) is 20.8 Å². The van der Waals surface area contributed by atoms with E-state index in [1.807, 2.05) is 30.3 Å². The fourth-order valence-electron chi connectivity index (χ4n) is 4.01. The molecule has 3 aromatic rings. The number of allylic oxidation sites excluding steroid dienone is 1. The topological polar surface area (TPSA) is 99.8 Å². The van der Waals surface area contributed by atoms with Crippen molar-refractivity contribution in [3.63, 3.8) is 0 Å². The van der Waals surface area contributed by atoms with Crippen LogP contribution in [0.15, 0.2) is 62.9 Å². The quantitative estimate of drug-likeness (QED) is 0.710. The van der Waals surface area contributed by atoms with Crippen LogP contribution in [-0.2, 0) is 4.79 Å². The Kier molecular flexibility index (Phi) is 3.85. The standard InChI is InChI=1S/C21H17N3O4S/c1-21-16(18(22)25)17(13-8-2-3-9-14(13)28-21)24-19(26)15(29-20(24)23-21)10-4-6-12-7-5-11-27-12/h2-11,16-17H,1H3,(H2,22,25)/b6-4+,15-10-/t16-,17-,21+/m0/s1.